The summed E-state index contributed by atoms with van der Waals surface area (Å²) in [5, 5.41) is 5.65. The second-order valence-corrected chi connectivity index (χ2v) is 6.64. The number of methoxy groups -OCH3 is 1. The molecular formula is C24H21N3O3. The third-order valence-electron chi connectivity index (χ3n) is 4.55. The maximum Gasteiger partial charge on any atom is 0.319 e. The molecule has 30 heavy (non-hydrogen) atoms. The van der Waals surface area contributed by atoms with Gasteiger partial charge in [0.1, 0.15) is 17.7 Å². The zero-order valence-electron chi connectivity index (χ0n) is 16.5. The van der Waals surface area contributed by atoms with Crippen LogP contribution < -0.4 is 15.4 Å². The maximum atomic E-state index is 12.2. The van der Waals surface area contributed by atoms with E-state index in [0.717, 1.165) is 28.1 Å². The van der Waals surface area contributed by atoms with Gasteiger partial charge in [-0.05, 0) is 42.0 Å². The Morgan fingerprint density at radius 3 is 2.53 bits per heavy atom. The topological polar surface area (TPSA) is 76.4 Å². The van der Waals surface area contributed by atoms with Gasteiger partial charge in [-0.25, -0.2) is 9.78 Å². The van der Waals surface area contributed by atoms with E-state index in [1.165, 1.54) is 0 Å². The molecule has 0 aliphatic carbocycles. The van der Waals surface area contributed by atoms with Gasteiger partial charge in [-0.2, -0.15) is 0 Å². The lowest BCUT2D eigenvalue weighted by atomic mass is 10.2. The third-order valence-corrected chi connectivity index (χ3v) is 4.55. The van der Waals surface area contributed by atoms with Gasteiger partial charge in [0.15, 0.2) is 0 Å². The van der Waals surface area contributed by atoms with Crippen molar-refractivity contribution in [3.05, 3.63) is 90.7 Å². The van der Waals surface area contributed by atoms with Crippen LogP contribution in [0.25, 0.3) is 22.7 Å². The second-order valence-electron chi connectivity index (χ2n) is 6.64. The van der Waals surface area contributed by atoms with Gasteiger partial charge in [-0.1, -0.05) is 42.5 Å². The molecule has 4 aromatic rings. The largest absolute Gasteiger partial charge is 0.497 e. The van der Waals surface area contributed by atoms with Gasteiger partial charge in [0.25, 0.3) is 0 Å². The van der Waals surface area contributed by atoms with E-state index in [1.807, 2.05) is 78.9 Å². The molecule has 0 aliphatic heterocycles. The standard InChI is InChI=1S/C24H21N3O3/c1-29-21-9-5-6-17(14-21)15-25-24(28)26-20-12-10-19(11-13-20)23-27-22(16-30-23)18-7-3-2-4-8-18/h2-14,16H,15H2,1H3,(H2,25,26,28). The van der Waals surface area contributed by atoms with Gasteiger partial charge in [0.05, 0.1) is 7.11 Å². The number of rotatable bonds is 6. The molecule has 1 aromatic heterocycles. The first-order chi connectivity index (χ1) is 14.7. The van der Waals surface area contributed by atoms with Crippen LogP contribution >= 0.6 is 0 Å². The summed E-state index contributed by atoms with van der Waals surface area (Å²) in [5.74, 6) is 1.29. The van der Waals surface area contributed by atoms with E-state index in [-0.39, 0.29) is 6.03 Å². The van der Waals surface area contributed by atoms with Crippen LogP contribution in [-0.4, -0.2) is 18.1 Å². The molecule has 6 heteroatoms. The Bertz CT molecular complexity index is 1120. The van der Waals surface area contributed by atoms with Crippen LogP contribution in [-0.2, 0) is 6.54 Å². The minimum absolute atomic E-state index is 0.284. The molecule has 0 aliphatic rings. The third kappa shape index (κ3) is 4.67. The molecule has 0 bridgehead atoms. The van der Waals surface area contributed by atoms with Crippen LogP contribution in [0, 0.1) is 0 Å². The Kier molecular flexibility index (Phi) is 5.75. The van der Waals surface area contributed by atoms with E-state index in [0.29, 0.717) is 18.1 Å². The zero-order valence-corrected chi connectivity index (χ0v) is 16.5. The number of aromatic nitrogens is 1. The number of amides is 2. The molecule has 1 heterocycles. The van der Waals surface area contributed by atoms with E-state index < -0.39 is 0 Å². The van der Waals surface area contributed by atoms with Crippen LogP contribution in [0.4, 0.5) is 10.5 Å². The molecule has 0 saturated heterocycles. The number of urea groups is 1. The fourth-order valence-electron chi connectivity index (χ4n) is 2.98. The zero-order chi connectivity index (χ0) is 20.8. The quantitative estimate of drug-likeness (QED) is 0.459. The van der Waals surface area contributed by atoms with Crippen LogP contribution in [0.1, 0.15) is 5.56 Å². The SMILES string of the molecule is COc1cccc(CNC(=O)Nc2ccc(-c3nc(-c4ccccc4)co3)cc2)c1. The lowest BCUT2D eigenvalue weighted by Crippen LogP contribution is -2.28. The second kappa shape index (κ2) is 8.96. The van der Waals surface area contributed by atoms with Crippen molar-refractivity contribution in [3.8, 4) is 28.5 Å². The molecule has 150 valence electrons. The van der Waals surface area contributed by atoms with Crippen molar-refractivity contribution in [1.29, 1.82) is 0 Å². The molecule has 2 N–H and O–H groups in total. The minimum Gasteiger partial charge on any atom is -0.497 e. The molecule has 0 spiro atoms. The first-order valence-corrected chi connectivity index (χ1v) is 9.50. The normalized spacial score (nSPS) is 10.4. The highest BCUT2D eigenvalue weighted by atomic mass is 16.5. The van der Waals surface area contributed by atoms with E-state index in [2.05, 4.69) is 15.6 Å². The van der Waals surface area contributed by atoms with E-state index in [9.17, 15) is 4.79 Å². The van der Waals surface area contributed by atoms with Crippen molar-refractivity contribution >= 4 is 11.7 Å². The van der Waals surface area contributed by atoms with Crippen molar-refractivity contribution in [3.63, 3.8) is 0 Å². The molecular weight excluding hydrogens is 378 g/mol. The number of oxazole rings is 1. The molecule has 0 atom stereocenters. The van der Waals surface area contributed by atoms with Crippen LogP contribution in [0.2, 0.25) is 0 Å². The number of hydrogen-bond acceptors (Lipinski definition) is 4. The molecule has 4 rings (SSSR count). The highest BCUT2D eigenvalue weighted by molar-refractivity contribution is 5.89. The van der Waals surface area contributed by atoms with E-state index >= 15 is 0 Å². The number of ether oxygens (including phenoxy) is 1. The van der Waals surface area contributed by atoms with Gasteiger partial charge >= 0.3 is 6.03 Å². The van der Waals surface area contributed by atoms with Gasteiger partial charge in [-0.3, -0.25) is 0 Å². The first kappa shape index (κ1) is 19.3. The summed E-state index contributed by atoms with van der Waals surface area (Å²) in [7, 11) is 1.61. The minimum atomic E-state index is -0.284. The Morgan fingerprint density at radius 2 is 1.77 bits per heavy atom. The van der Waals surface area contributed by atoms with E-state index in [4.69, 9.17) is 9.15 Å². The molecule has 0 saturated carbocycles. The Labute approximate surface area is 174 Å². The molecule has 0 unspecified atom stereocenters. The highest BCUT2D eigenvalue weighted by Gasteiger charge is 2.09. The fourth-order valence-corrected chi connectivity index (χ4v) is 2.98. The summed E-state index contributed by atoms with van der Waals surface area (Å²) in [6.45, 7) is 0.402. The summed E-state index contributed by atoms with van der Waals surface area (Å²) in [6, 6.07) is 24.5. The number of nitrogens with one attached hydrogen (secondary N) is 2. The average molecular weight is 399 g/mol. The lowest BCUT2D eigenvalue weighted by molar-refractivity contribution is 0.251. The monoisotopic (exact) mass is 399 g/mol. The maximum absolute atomic E-state index is 12.2. The number of anilines is 1. The molecule has 3 aromatic carbocycles. The van der Waals surface area contributed by atoms with Gasteiger partial charge in [0.2, 0.25) is 5.89 Å². The summed E-state index contributed by atoms with van der Waals surface area (Å²) >= 11 is 0. The summed E-state index contributed by atoms with van der Waals surface area (Å²) < 4.78 is 10.8. The molecule has 0 fully saturated rings. The Hall–Kier alpha value is -4.06. The first-order valence-electron chi connectivity index (χ1n) is 9.50. The van der Waals surface area contributed by atoms with Crippen LogP contribution in [0.15, 0.2) is 89.5 Å². The smallest absolute Gasteiger partial charge is 0.319 e. The predicted molar refractivity (Wildman–Crippen MR) is 116 cm³/mol. The summed E-state index contributed by atoms with van der Waals surface area (Å²) in [4.78, 5) is 16.7. The molecule has 6 nitrogen and oxygen atoms in total. The van der Waals surface area contributed by atoms with Crippen molar-refractivity contribution in [2.24, 2.45) is 0 Å². The number of benzene rings is 3. The summed E-state index contributed by atoms with van der Waals surface area (Å²) in [5.41, 5.74) is 4.25. The van der Waals surface area contributed by atoms with Crippen LogP contribution in [0.3, 0.4) is 0 Å². The average Bonchev–Trinajstić information content (AvgIpc) is 3.29. The number of carbonyl (C=O) groups excluding carboxylic acids is 1. The van der Waals surface area contributed by atoms with Crippen molar-refractivity contribution in [2.75, 3.05) is 12.4 Å². The van der Waals surface area contributed by atoms with Gasteiger partial charge in [0, 0.05) is 23.4 Å². The fraction of sp³-hybridized carbons (Fsp3) is 0.0833. The number of carbonyl (C=O) groups is 1. The predicted octanol–water partition coefficient (Wildman–Crippen LogP) is 5.34. The van der Waals surface area contributed by atoms with Gasteiger partial charge < -0.3 is 19.8 Å². The number of nitrogens with zero attached hydrogens (tertiary/aromatic N) is 1. The van der Waals surface area contributed by atoms with Crippen molar-refractivity contribution < 1.29 is 13.9 Å². The number of hydrogen-bond donors (Lipinski definition) is 2. The van der Waals surface area contributed by atoms with Crippen LogP contribution in [0.5, 0.6) is 5.75 Å². The highest BCUT2D eigenvalue weighted by Crippen LogP contribution is 2.25. The lowest BCUT2D eigenvalue weighted by Gasteiger charge is -2.09. The van der Waals surface area contributed by atoms with Gasteiger partial charge in [-0.15, -0.1) is 0 Å². The molecule has 2 amide bonds. The van der Waals surface area contributed by atoms with Crippen molar-refractivity contribution in [2.45, 2.75) is 6.54 Å². The molecule has 0 radical (unpaired) electrons. The Balaban J connectivity index is 1.35. The summed E-state index contributed by atoms with van der Waals surface area (Å²) in [6.07, 6.45) is 1.64. The van der Waals surface area contributed by atoms with E-state index in [1.54, 1.807) is 13.4 Å². The Morgan fingerprint density at radius 1 is 0.967 bits per heavy atom. The van der Waals surface area contributed by atoms with Crippen molar-refractivity contribution in [1.82, 2.24) is 10.3 Å².